The van der Waals surface area contributed by atoms with Gasteiger partial charge in [-0.05, 0) is 48.9 Å². The van der Waals surface area contributed by atoms with Gasteiger partial charge >= 0.3 is 0 Å². The van der Waals surface area contributed by atoms with E-state index < -0.39 is 0 Å². The fourth-order valence-corrected chi connectivity index (χ4v) is 2.73. The van der Waals surface area contributed by atoms with Crippen LogP contribution in [0.4, 0.5) is 0 Å². The highest BCUT2D eigenvalue weighted by Gasteiger charge is 2.27. The Kier molecular flexibility index (Phi) is 2.78. The topological polar surface area (TPSA) is 30.2 Å². The SMILES string of the molecule is Cc1ccoc1C(=O)C1CCc2ccccc2C1. The highest BCUT2D eigenvalue weighted by Crippen LogP contribution is 2.28. The van der Waals surface area contributed by atoms with Gasteiger partial charge in [0.05, 0.1) is 6.26 Å². The zero-order valence-corrected chi connectivity index (χ0v) is 10.5. The first-order chi connectivity index (χ1) is 8.75. The van der Waals surface area contributed by atoms with E-state index in [0.29, 0.717) is 5.76 Å². The molecule has 1 atom stereocenters. The van der Waals surface area contributed by atoms with Crippen molar-refractivity contribution >= 4 is 5.78 Å². The third kappa shape index (κ3) is 1.88. The Hall–Kier alpha value is -1.83. The molecular weight excluding hydrogens is 224 g/mol. The van der Waals surface area contributed by atoms with Crippen LogP contribution >= 0.6 is 0 Å². The van der Waals surface area contributed by atoms with Crippen molar-refractivity contribution in [1.29, 1.82) is 0 Å². The lowest BCUT2D eigenvalue weighted by atomic mass is 9.81. The minimum atomic E-state index is 0.0738. The lowest BCUT2D eigenvalue weighted by Crippen LogP contribution is -2.22. The number of furan rings is 1. The molecule has 0 N–H and O–H groups in total. The molecule has 1 aromatic heterocycles. The highest BCUT2D eigenvalue weighted by atomic mass is 16.3. The Labute approximate surface area is 107 Å². The monoisotopic (exact) mass is 240 g/mol. The van der Waals surface area contributed by atoms with Gasteiger partial charge in [-0.3, -0.25) is 4.79 Å². The summed E-state index contributed by atoms with van der Waals surface area (Å²) in [4.78, 5) is 12.4. The maximum atomic E-state index is 12.4. The van der Waals surface area contributed by atoms with Gasteiger partial charge in [-0.1, -0.05) is 24.3 Å². The Balaban J connectivity index is 1.84. The smallest absolute Gasteiger partial charge is 0.201 e. The number of hydrogen-bond donors (Lipinski definition) is 0. The second kappa shape index (κ2) is 4.45. The van der Waals surface area contributed by atoms with Crippen molar-refractivity contribution in [1.82, 2.24) is 0 Å². The zero-order chi connectivity index (χ0) is 12.5. The molecule has 0 aliphatic heterocycles. The van der Waals surface area contributed by atoms with Crippen molar-refractivity contribution in [2.75, 3.05) is 0 Å². The zero-order valence-electron chi connectivity index (χ0n) is 10.5. The summed E-state index contributed by atoms with van der Waals surface area (Å²) in [5.74, 6) is 0.774. The van der Waals surface area contributed by atoms with Crippen LogP contribution in [0.1, 0.15) is 33.7 Å². The average molecular weight is 240 g/mol. The second-order valence-corrected chi connectivity index (χ2v) is 5.01. The number of ketones is 1. The maximum Gasteiger partial charge on any atom is 0.201 e. The van der Waals surface area contributed by atoms with Gasteiger partial charge in [0.1, 0.15) is 0 Å². The quantitative estimate of drug-likeness (QED) is 0.751. The molecule has 1 heterocycles. The molecule has 0 saturated carbocycles. The predicted molar refractivity (Wildman–Crippen MR) is 69.7 cm³/mol. The standard InChI is InChI=1S/C16H16O2/c1-11-8-9-18-16(11)15(17)14-7-6-12-4-2-3-5-13(12)10-14/h2-5,8-9,14H,6-7,10H2,1H3. The van der Waals surface area contributed by atoms with E-state index >= 15 is 0 Å². The van der Waals surface area contributed by atoms with Gasteiger partial charge < -0.3 is 4.42 Å². The summed E-state index contributed by atoms with van der Waals surface area (Å²) < 4.78 is 5.32. The molecule has 0 spiro atoms. The lowest BCUT2D eigenvalue weighted by molar-refractivity contribution is 0.0879. The summed E-state index contributed by atoms with van der Waals surface area (Å²) in [5, 5.41) is 0. The van der Waals surface area contributed by atoms with E-state index in [1.54, 1.807) is 6.26 Å². The summed E-state index contributed by atoms with van der Waals surface area (Å²) in [6.45, 7) is 1.92. The summed E-state index contributed by atoms with van der Waals surface area (Å²) >= 11 is 0. The first-order valence-corrected chi connectivity index (χ1v) is 6.41. The molecule has 0 bridgehead atoms. The molecule has 0 radical (unpaired) electrons. The van der Waals surface area contributed by atoms with Crippen molar-refractivity contribution in [2.24, 2.45) is 5.92 Å². The normalized spacial score (nSPS) is 18.4. The number of carbonyl (C=O) groups excluding carboxylic acids is 1. The maximum absolute atomic E-state index is 12.4. The van der Waals surface area contributed by atoms with E-state index in [-0.39, 0.29) is 11.7 Å². The molecule has 92 valence electrons. The number of benzene rings is 1. The van der Waals surface area contributed by atoms with Crippen LogP contribution in [0, 0.1) is 12.8 Å². The summed E-state index contributed by atoms with van der Waals surface area (Å²) in [5.41, 5.74) is 3.64. The van der Waals surface area contributed by atoms with E-state index in [0.717, 1.165) is 24.8 Å². The number of hydrogen-bond acceptors (Lipinski definition) is 2. The van der Waals surface area contributed by atoms with Crippen LogP contribution in [0.25, 0.3) is 0 Å². The fourth-order valence-electron chi connectivity index (χ4n) is 2.73. The van der Waals surface area contributed by atoms with Gasteiger partial charge in [-0.2, -0.15) is 0 Å². The van der Waals surface area contributed by atoms with Gasteiger partial charge in [-0.25, -0.2) is 0 Å². The Morgan fingerprint density at radius 3 is 2.72 bits per heavy atom. The first kappa shape index (κ1) is 11.3. The van der Waals surface area contributed by atoms with Crippen molar-refractivity contribution in [2.45, 2.75) is 26.2 Å². The van der Waals surface area contributed by atoms with Crippen molar-refractivity contribution in [3.63, 3.8) is 0 Å². The molecule has 2 nitrogen and oxygen atoms in total. The second-order valence-electron chi connectivity index (χ2n) is 5.01. The van der Waals surface area contributed by atoms with E-state index in [9.17, 15) is 4.79 Å². The van der Waals surface area contributed by atoms with Crippen molar-refractivity contribution in [3.05, 3.63) is 59.0 Å². The Bertz CT molecular complexity index is 580. The van der Waals surface area contributed by atoms with Gasteiger partial charge in [0.15, 0.2) is 5.76 Å². The molecule has 2 heteroatoms. The van der Waals surface area contributed by atoms with Crippen LogP contribution in [0.2, 0.25) is 0 Å². The number of aryl methyl sites for hydroxylation is 2. The molecule has 18 heavy (non-hydrogen) atoms. The largest absolute Gasteiger partial charge is 0.461 e. The van der Waals surface area contributed by atoms with Crippen LogP contribution in [0.15, 0.2) is 41.0 Å². The van der Waals surface area contributed by atoms with Crippen LogP contribution < -0.4 is 0 Å². The lowest BCUT2D eigenvalue weighted by Gasteiger charge is -2.22. The number of Topliss-reactive ketones (excluding diaryl/α,β-unsaturated/α-hetero) is 1. The van der Waals surface area contributed by atoms with Crippen molar-refractivity contribution in [3.8, 4) is 0 Å². The molecule has 1 aromatic carbocycles. The Morgan fingerprint density at radius 2 is 2.00 bits per heavy atom. The molecule has 3 rings (SSSR count). The molecule has 2 aromatic rings. The molecule has 0 fully saturated rings. The minimum absolute atomic E-state index is 0.0738. The third-order valence-electron chi connectivity index (χ3n) is 3.80. The molecule has 0 saturated heterocycles. The van der Waals surface area contributed by atoms with Crippen LogP contribution in [-0.4, -0.2) is 5.78 Å². The average Bonchev–Trinajstić information content (AvgIpc) is 2.83. The highest BCUT2D eigenvalue weighted by molar-refractivity contribution is 5.96. The van der Waals surface area contributed by atoms with Gasteiger partial charge in [0, 0.05) is 5.92 Å². The van der Waals surface area contributed by atoms with E-state index in [1.165, 1.54) is 11.1 Å². The molecule has 1 unspecified atom stereocenters. The van der Waals surface area contributed by atoms with Crippen LogP contribution in [0.5, 0.6) is 0 Å². The minimum Gasteiger partial charge on any atom is -0.461 e. The molecule has 1 aliphatic carbocycles. The predicted octanol–water partition coefficient (Wildman–Crippen LogP) is 3.58. The third-order valence-corrected chi connectivity index (χ3v) is 3.80. The van der Waals surface area contributed by atoms with Crippen LogP contribution in [0.3, 0.4) is 0 Å². The fraction of sp³-hybridized carbons (Fsp3) is 0.312. The van der Waals surface area contributed by atoms with Crippen molar-refractivity contribution < 1.29 is 9.21 Å². The number of rotatable bonds is 2. The van der Waals surface area contributed by atoms with Gasteiger partial charge in [0.2, 0.25) is 5.78 Å². The van der Waals surface area contributed by atoms with E-state index in [2.05, 4.69) is 18.2 Å². The molecular formula is C16H16O2. The number of fused-ring (bicyclic) bond motifs is 1. The van der Waals surface area contributed by atoms with Crippen LogP contribution in [-0.2, 0) is 12.8 Å². The molecule has 0 amide bonds. The summed E-state index contributed by atoms with van der Waals surface area (Å²) in [7, 11) is 0. The van der Waals surface area contributed by atoms with Gasteiger partial charge in [0.25, 0.3) is 0 Å². The Morgan fingerprint density at radius 1 is 1.22 bits per heavy atom. The van der Waals surface area contributed by atoms with Gasteiger partial charge in [-0.15, -0.1) is 0 Å². The first-order valence-electron chi connectivity index (χ1n) is 6.41. The molecule has 1 aliphatic rings. The summed E-state index contributed by atoms with van der Waals surface area (Å²) in [6, 6.07) is 10.3. The van der Waals surface area contributed by atoms with E-state index in [1.807, 2.05) is 19.1 Å². The summed E-state index contributed by atoms with van der Waals surface area (Å²) in [6.07, 6.45) is 4.36. The van der Waals surface area contributed by atoms with E-state index in [4.69, 9.17) is 4.42 Å². The number of carbonyl (C=O) groups is 1.